The van der Waals surface area contributed by atoms with E-state index in [1.54, 1.807) is 11.8 Å². The van der Waals surface area contributed by atoms with Crippen molar-refractivity contribution in [3.63, 3.8) is 0 Å². The predicted octanol–water partition coefficient (Wildman–Crippen LogP) is 4.34. The van der Waals surface area contributed by atoms with Crippen LogP contribution in [0.15, 0.2) is 40.6 Å². The van der Waals surface area contributed by atoms with Gasteiger partial charge >= 0.3 is 0 Å². The Bertz CT molecular complexity index is 552. The number of hydrogen-bond donors (Lipinski definition) is 2. The van der Waals surface area contributed by atoms with Crippen LogP contribution in [0.4, 0.5) is 5.69 Å². The zero-order valence-corrected chi connectivity index (χ0v) is 13.4. The molecule has 1 aliphatic carbocycles. The van der Waals surface area contributed by atoms with Gasteiger partial charge in [0.2, 0.25) is 0 Å². The Kier molecular flexibility index (Phi) is 4.19. The van der Waals surface area contributed by atoms with Crippen molar-refractivity contribution >= 4 is 17.4 Å². The van der Waals surface area contributed by atoms with E-state index in [9.17, 15) is 0 Å². The fraction of sp³-hybridized carbons (Fsp3) is 0.500. The highest BCUT2D eigenvalue weighted by Gasteiger charge is 2.26. The molecule has 0 aliphatic heterocycles. The molecule has 1 heterocycles. The fourth-order valence-corrected chi connectivity index (χ4v) is 3.45. The molecule has 21 heavy (non-hydrogen) atoms. The SMILES string of the molecule is CC1(C)CCC(Nc2ccc(Sc3ncn[nH]3)cc2)CC1. The first-order chi connectivity index (χ1) is 10.1. The number of aromatic amines is 1. The Hall–Kier alpha value is -1.49. The molecule has 0 saturated heterocycles. The summed E-state index contributed by atoms with van der Waals surface area (Å²) in [4.78, 5) is 5.29. The van der Waals surface area contributed by atoms with Crippen molar-refractivity contribution in [2.75, 3.05) is 5.32 Å². The maximum absolute atomic E-state index is 4.12. The minimum absolute atomic E-state index is 0.524. The van der Waals surface area contributed by atoms with Gasteiger partial charge in [-0.15, -0.1) is 0 Å². The summed E-state index contributed by atoms with van der Waals surface area (Å²) in [5.41, 5.74) is 1.73. The smallest absolute Gasteiger partial charge is 0.188 e. The van der Waals surface area contributed by atoms with Crippen molar-refractivity contribution < 1.29 is 0 Å². The summed E-state index contributed by atoms with van der Waals surface area (Å²) in [6, 6.07) is 9.17. The van der Waals surface area contributed by atoms with Crippen LogP contribution in [0, 0.1) is 5.41 Å². The van der Waals surface area contributed by atoms with Gasteiger partial charge < -0.3 is 5.32 Å². The molecule has 2 N–H and O–H groups in total. The van der Waals surface area contributed by atoms with Crippen LogP contribution in [0.1, 0.15) is 39.5 Å². The highest BCUT2D eigenvalue weighted by Crippen LogP contribution is 2.36. The third-order valence-corrected chi connectivity index (χ3v) is 5.07. The van der Waals surface area contributed by atoms with Crippen LogP contribution in [0.25, 0.3) is 0 Å². The van der Waals surface area contributed by atoms with Crippen LogP contribution in [0.3, 0.4) is 0 Å². The minimum atomic E-state index is 0.524. The van der Waals surface area contributed by atoms with Crippen molar-refractivity contribution in [1.29, 1.82) is 0 Å². The van der Waals surface area contributed by atoms with Crippen molar-refractivity contribution in [3.05, 3.63) is 30.6 Å². The lowest BCUT2D eigenvalue weighted by molar-refractivity contribution is 0.232. The topological polar surface area (TPSA) is 53.6 Å². The second-order valence-electron chi connectivity index (χ2n) is 6.50. The minimum Gasteiger partial charge on any atom is -0.382 e. The van der Waals surface area contributed by atoms with E-state index in [1.807, 2.05) is 0 Å². The first kappa shape index (κ1) is 14.4. The number of nitrogens with zero attached hydrogens (tertiary/aromatic N) is 2. The zero-order chi connectivity index (χ0) is 14.7. The highest BCUT2D eigenvalue weighted by atomic mass is 32.2. The van der Waals surface area contributed by atoms with E-state index >= 15 is 0 Å². The van der Waals surface area contributed by atoms with Crippen molar-refractivity contribution in [3.8, 4) is 0 Å². The Labute approximate surface area is 130 Å². The van der Waals surface area contributed by atoms with E-state index in [1.165, 1.54) is 42.6 Å². The van der Waals surface area contributed by atoms with Crippen LogP contribution in [0.2, 0.25) is 0 Å². The number of hydrogen-bond acceptors (Lipinski definition) is 4. The molecule has 5 heteroatoms. The van der Waals surface area contributed by atoms with Gasteiger partial charge in [0.05, 0.1) is 0 Å². The van der Waals surface area contributed by atoms with Crippen molar-refractivity contribution in [1.82, 2.24) is 15.2 Å². The van der Waals surface area contributed by atoms with Crippen LogP contribution < -0.4 is 5.32 Å². The fourth-order valence-electron chi connectivity index (χ4n) is 2.75. The summed E-state index contributed by atoms with van der Waals surface area (Å²) < 4.78 is 0. The molecule has 0 radical (unpaired) electrons. The summed E-state index contributed by atoms with van der Waals surface area (Å²) in [7, 11) is 0. The summed E-state index contributed by atoms with van der Waals surface area (Å²) in [5, 5.41) is 11.2. The van der Waals surface area contributed by atoms with Gasteiger partial charge in [-0.05, 0) is 55.4 Å². The second kappa shape index (κ2) is 6.10. The molecule has 0 bridgehead atoms. The molecule has 3 rings (SSSR count). The average Bonchev–Trinajstić information content (AvgIpc) is 2.96. The van der Waals surface area contributed by atoms with Crippen LogP contribution in [-0.4, -0.2) is 21.2 Å². The van der Waals surface area contributed by atoms with Crippen LogP contribution >= 0.6 is 11.8 Å². The molecule has 4 nitrogen and oxygen atoms in total. The molecule has 1 saturated carbocycles. The summed E-state index contributed by atoms with van der Waals surface area (Å²) in [5.74, 6) is 0. The first-order valence-electron chi connectivity index (χ1n) is 7.51. The van der Waals surface area contributed by atoms with E-state index in [2.05, 4.69) is 58.6 Å². The lowest BCUT2D eigenvalue weighted by atomic mass is 9.75. The van der Waals surface area contributed by atoms with E-state index in [-0.39, 0.29) is 0 Å². The molecule has 112 valence electrons. The number of H-pyrrole nitrogens is 1. The maximum Gasteiger partial charge on any atom is 0.188 e. The second-order valence-corrected chi connectivity index (χ2v) is 7.56. The van der Waals surface area contributed by atoms with Gasteiger partial charge in [0, 0.05) is 16.6 Å². The Morgan fingerprint density at radius 2 is 1.90 bits per heavy atom. The van der Waals surface area contributed by atoms with Crippen molar-refractivity contribution in [2.24, 2.45) is 5.41 Å². The first-order valence-corrected chi connectivity index (χ1v) is 8.32. The molecular formula is C16H22N4S. The summed E-state index contributed by atoms with van der Waals surface area (Å²) in [6.45, 7) is 4.75. The zero-order valence-electron chi connectivity index (χ0n) is 12.6. The van der Waals surface area contributed by atoms with Gasteiger partial charge in [-0.3, -0.25) is 5.10 Å². The number of aromatic nitrogens is 3. The third kappa shape index (κ3) is 4.00. The van der Waals surface area contributed by atoms with Crippen LogP contribution in [-0.2, 0) is 0 Å². The molecule has 1 aromatic heterocycles. The molecule has 1 fully saturated rings. The molecule has 0 amide bonds. The van der Waals surface area contributed by atoms with Gasteiger partial charge in [0.25, 0.3) is 0 Å². The summed E-state index contributed by atoms with van der Waals surface area (Å²) in [6.07, 6.45) is 6.68. The van der Waals surface area contributed by atoms with E-state index in [0.717, 1.165) is 5.16 Å². The number of rotatable bonds is 4. The molecule has 1 aromatic carbocycles. The van der Waals surface area contributed by atoms with Crippen molar-refractivity contribution in [2.45, 2.75) is 55.6 Å². The standard InChI is InChI=1S/C16H22N4S/c1-16(2)9-7-13(8-10-16)19-12-3-5-14(6-4-12)21-15-17-11-18-20-15/h3-6,11,13,19H,7-10H2,1-2H3,(H,17,18,20). The van der Waals surface area contributed by atoms with Gasteiger partial charge in [-0.25, -0.2) is 4.98 Å². The lowest BCUT2D eigenvalue weighted by Crippen LogP contribution is -2.29. The maximum atomic E-state index is 4.12. The predicted molar refractivity (Wildman–Crippen MR) is 86.6 cm³/mol. The Balaban J connectivity index is 1.55. The Morgan fingerprint density at radius 1 is 1.19 bits per heavy atom. The normalized spacial score (nSPS) is 18.6. The average molecular weight is 302 g/mol. The molecule has 0 unspecified atom stereocenters. The monoisotopic (exact) mass is 302 g/mol. The number of benzene rings is 1. The van der Waals surface area contributed by atoms with Crippen LogP contribution in [0.5, 0.6) is 0 Å². The van der Waals surface area contributed by atoms with E-state index in [0.29, 0.717) is 11.5 Å². The Morgan fingerprint density at radius 3 is 2.52 bits per heavy atom. The molecule has 0 spiro atoms. The largest absolute Gasteiger partial charge is 0.382 e. The molecule has 0 atom stereocenters. The summed E-state index contributed by atoms with van der Waals surface area (Å²) >= 11 is 1.59. The number of anilines is 1. The van der Waals surface area contributed by atoms with E-state index in [4.69, 9.17) is 0 Å². The van der Waals surface area contributed by atoms with Gasteiger partial charge in [0.1, 0.15) is 6.33 Å². The van der Waals surface area contributed by atoms with Gasteiger partial charge in [-0.2, -0.15) is 5.10 Å². The quantitative estimate of drug-likeness (QED) is 0.882. The molecular weight excluding hydrogens is 280 g/mol. The number of nitrogens with one attached hydrogen (secondary N) is 2. The highest BCUT2D eigenvalue weighted by molar-refractivity contribution is 7.99. The van der Waals surface area contributed by atoms with Gasteiger partial charge in [0.15, 0.2) is 5.16 Å². The third-order valence-electron chi connectivity index (χ3n) is 4.17. The molecule has 1 aliphatic rings. The lowest BCUT2D eigenvalue weighted by Gasteiger charge is -2.35. The van der Waals surface area contributed by atoms with E-state index < -0.39 is 0 Å². The molecule has 2 aromatic rings. The van der Waals surface area contributed by atoms with Gasteiger partial charge in [-0.1, -0.05) is 25.6 Å².